The maximum Gasteiger partial charge on any atom is 0.256 e. The molecule has 0 fully saturated rings. The number of benzene rings is 1. The molecule has 1 aromatic carbocycles. The van der Waals surface area contributed by atoms with E-state index in [1.165, 1.54) is 0 Å². The minimum Gasteiger partial charge on any atom is -0.343 e. The molecule has 1 N–H and O–H groups in total. The highest BCUT2D eigenvalue weighted by Crippen LogP contribution is 2.34. The standard InChI is InChI=1S/C16H15ClN4OS/c1-8-11(17)3-4-13-14(8)20-16(23-13)21-6-5-12-10(7-21)15(22)19-9(2)18-12/h3-4H,5-7H2,1-2H3,(H,18,19,22). The average molecular weight is 347 g/mol. The number of thiazole rings is 1. The third kappa shape index (κ3) is 2.42. The van der Waals surface area contributed by atoms with Gasteiger partial charge in [0, 0.05) is 18.0 Å². The largest absolute Gasteiger partial charge is 0.343 e. The van der Waals surface area contributed by atoms with Gasteiger partial charge in [0.05, 0.1) is 28.0 Å². The molecule has 2 aromatic heterocycles. The Kier molecular flexibility index (Phi) is 3.39. The van der Waals surface area contributed by atoms with E-state index in [1.54, 1.807) is 11.3 Å². The third-order valence-electron chi connectivity index (χ3n) is 4.19. The summed E-state index contributed by atoms with van der Waals surface area (Å²) in [5, 5.41) is 1.66. The van der Waals surface area contributed by atoms with Crippen LogP contribution in [0.5, 0.6) is 0 Å². The Balaban J connectivity index is 1.75. The number of aryl methyl sites for hydroxylation is 2. The van der Waals surface area contributed by atoms with E-state index in [-0.39, 0.29) is 5.56 Å². The first-order chi connectivity index (χ1) is 11.0. The van der Waals surface area contributed by atoms with Crippen molar-refractivity contribution >= 4 is 38.3 Å². The Labute approximate surface area is 142 Å². The predicted octanol–water partition coefficient (Wildman–Crippen LogP) is 3.21. The molecule has 0 aliphatic carbocycles. The predicted molar refractivity (Wildman–Crippen MR) is 93.7 cm³/mol. The van der Waals surface area contributed by atoms with E-state index < -0.39 is 0 Å². The summed E-state index contributed by atoms with van der Waals surface area (Å²) in [5.41, 5.74) is 3.55. The molecule has 0 unspecified atom stereocenters. The fourth-order valence-corrected chi connectivity index (χ4v) is 4.14. The van der Waals surface area contributed by atoms with E-state index in [0.29, 0.717) is 12.4 Å². The molecule has 3 aromatic rings. The zero-order valence-corrected chi connectivity index (χ0v) is 14.4. The molecule has 0 spiro atoms. The molecule has 1 aliphatic rings. The molecular weight excluding hydrogens is 332 g/mol. The summed E-state index contributed by atoms with van der Waals surface area (Å²) in [4.78, 5) is 26.3. The van der Waals surface area contributed by atoms with Crippen molar-refractivity contribution in [1.29, 1.82) is 0 Å². The molecule has 23 heavy (non-hydrogen) atoms. The van der Waals surface area contributed by atoms with Crippen molar-refractivity contribution < 1.29 is 0 Å². The lowest BCUT2D eigenvalue weighted by atomic mass is 10.1. The van der Waals surface area contributed by atoms with E-state index in [1.807, 2.05) is 26.0 Å². The second kappa shape index (κ2) is 5.32. The number of anilines is 1. The van der Waals surface area contributed by atoms with Gasteiger partial charge < -0.3 is 9.88 Å². The third-order valence-corrected chi connectivity index (χ3v) is 5.68. The van der Waals surface area contributed by atoms with Gasteiger partial charge in [-0.1, -0.05) is 22.9 Å². The summed E-state index contributed by atoms with van der Waals surface area (Å²) < 4.78 is 1.11. The molecule has 0 radical (unpaired) electrons. The minimum atomic E-state index is -0.0439. The summed E-state index contributed by atoms with van der Waals surface area (Å²) in [6.45, 7) is 5.16. The fraction of sp³-hybridized carbons (Fsp3) is 0.312. The normalized spacial score (nSPS) is 14.3. The van der Waals surface area contributed by atoms with Crippen molar-refractivity contribution in [2.75, 3.05) is 11.4 Å². The molecule has 0 amide bonds. The molecule has 0 bridgehead atoms. The van der Waals surface area contributed by atoms with Gasteiger partial charge in [0.15, 0.2) is 5.13 Å². The quantitative estimate of drug-likeness (QED) is 0.735. The first-order valence-electron chi connectivity index (χ1n) is 7.42. The maximum atomic E-state index is 12.2. The van der Waals surface area contributed by atoms with Gasteiger partial charge in [0.1, 0.15) is 5.82 Å². The van der Waals surface area contributed by atoms with Crippen LogP contribution in [0.25, 0.3) is 10.2 Å². The summed E-state index contributed by atoms with van der Waals surface area (Å²) in [5.74, 6) is 0.674. The van der Waals surface area contributed by atoms with E-state index in [0.717, 1.165) is 50.2 Å². The van der Waals surface area contributed by atoms with Crippen molar-refractivity contribution in [1.82, 2.24) is 15.0 Å². The van der Waals surface area contributed by atoms with E-state index in [9.17, 15) is 4.79 Å². The Bertz CT molecular complexity index is 978. The van der Waals surface area contributed by atoms with E-state index in [4.69, 9.17) is 16.6 Å². The number of hydrogen-bond donors (Lipinski definition) is 1. The molecule has 118 valence electrons. The highest BCUT2D eigenvalue weighted by Gasteiger charge is 2.23. The molecule has 0 saturated carbocycles. The van der Waals surface area contributed by atoms with Crippen LogP contribution in [0.2, 0.25) is 5.02 Å². The number of halogens is 1. The van der Waals surface area contributed by atoms with Crippen LogP contribution in [0.3, 0.4) is 0 Å². The lowest BCUT2D eigenvalue weighted by molar-refractivity contribution is 0.690. The smallest absolute Gasteiger partial charge is 0.256 e. The second-order valence-electron chi connectivity index (χ2n) is 5.76. The Morgan fingerprint density at radius 2 is 2.13 bits per heavy atom. The lowest BCUT2D eigenvalue weighted by Crippen LogP contribution is -2.35. The number of aromatic nitrogens is 3. The van der Waals surface area contributed by atoms with Gasteiger partial charge in [0.25, 0.3) is 5.56 Å². The molecule has 5 nitrogen and oxygen atoms in total. The molecule has 0 saturated heterocycles. The van der Waals surface area contributed by atoms with Crippen LogP contribution in [-0.4, -0.2) is 21.5 Å². The van der Waals surface area contributed by atoms with Gasteiger partial charge in [0.2, 0.25) is 0 Å². The van der Waals surface area contributed by atoms with Crippen molar-refractivity contribution in [3.05, 3.63) is 50.2 Å². The van der Waals surface area contributed by atoms with Crippen molar-refractivity contribution in [2.45, 2.75) is 26.8 Å². The monoisotopic (exact) mass is 346 g/mol. The Hall–Kier alpha value is -1.92. The van der Waals surface area contributed by atoms with Crippen molar-refractivity contribution in [3.8, 4) is 0 Å². The number of hydrogen-bond acceptors (Lipinski definition) is 5. The van der Waals surface area contributed by atoms with Crippen LogP contribution in [0.15, 0.2) is 16.9 Å². The highest BCUT2D eigenvalue weighted by molar-refractivity contribution is 7.22. The molecule has 0 atom stereocenters. The van der Waals surface area contributed by atoms with Gasteiger partial charge in [-0.3, -0.25) is 4.79 Å². The summed E-state index contributed by atoms with van der Waals surface area (Å²) in [6.07, 6.45) is 0.760. The molecular formula is C16H15ClN4OS. The Morgan fingerprint density at radius 3 is 2.96 bits per heavy atom. The topological polar surface area (TPSA) is 61.9 Å². The highest BCUT2D eigenvalue weighted by atomic mass is 35.5. The molecule has 3 heterocycles. The molecule has 1 aliphatic heterocycles. The van der Waals surface area contributed by atoms with E-state index in [2.05, 4.69) is 14.9 Å². The number of nitrogens with zero attached hydrogens (tertiary/aromatic N) is 3. The van der Waals surface area contributed by atoms with Crippen LogP contribution in [0.1, 0.15) is 22.6 Å². The number of fused-ring (bicyclic) bond motifs is 2. The van der Waals surface area contributed by atoms with Gasteiger partial charge >= 0.3 is 0 Å². The van der Waals surface area contributed by atoms with Crippen molar-refractivity contribution in [2.24, 2.45) is 0 Å². The second-order valence-corrected chi connectivity index (χ2v) is 7.18. The van der Waals surface area contributed by atoms with Crippen LogP contribution in [0.4, 0.5) is 5.13 Å². The van der Waals surface area contributed by atoms with Gasteiger partial charge in [-0.15, -0.1) is 0 Å². The average Bonchev–Trinajstić information content (AvgIpc) is 2.95. The number of H-pyrrole nitrogens is 1. The first kappa shape index (κ1) is 14.7. The minimum absolute atomic E-state index is 0.0439. The van der Waals surface area contributed by atoms with E-state index >= 15 is 0 Å². The zero-order valence-electron chi connectivity index (χ0n) is 12.8. The van der Waals surface area contributed by atoms with Crippen LogP contribution in [0, 0.1) is 13.8 Å². The summed E-state index contributed by atoms with van der Waals surface area (Å²) in [7, 11) is 0. The van der Waals surface area contributed by atoms with Crippen LogP contribution < -0.4 is 10.5 Å². The molecule has 4 rings (SSSR count). The number of nitrogens with one attached hydrogen (secondary N) is 1. The summed E-state index contributed by atoms with van der Waals surface area (Å²) in [6, 6.07) is 3.91. The van der Waals surface area contributed by atoms with Gasteiger partial charge in [-0.2, -0.15) is 0 Å². The lowest BCUT2D eigenvalue weighted by Gasteiger charge is -2.27. The van der Waals surface area contributed by atoms with Crippen LogP contribution >= 0.6 is 22.9 Å². The number of rotatable bonds is 1. The first-order valence-corrected chi connectivity index (χ1v) is 8.61. The zero-order chi connectivity index (χ0) is 16.1. The van der Waals surface area contributed by atoms with Gasteiger partial charge in [-0.25, -0.2) is 9.97 Å². The Morgan fingerprint density at radius 1 is 1.30 bits per heavy atom. The number of aromatic amines is 1. The summed E-state index contributed by atoms with van der Waals surface area (Å²) >= 11 is 7.82. The molecule has 7 heteroatoms. The van der Waals surface area contributed by atoms with Crippen molar-refractivity contribution in [3.63, 3.8) is 0 Å². The van der Waals surface area contributed by atoms with Gasteiger partial charge in [-0.05, 0) is 31.5 Å². The van der Waals surface area contributed by atoms with Crippen LogP contribution in [-0.2, 0) is 13.0 Å². The SMILES string of the molecule is Cc1nc2c(c(=O)[nH]1)CN(c1nc3c(C)c(Cl)ccc3s1)CC2. The maximum absolute atomic E-state index is 12.2. The fourth-order valence-electron chi connectivity index (χ4n) is 2.94.